The summed E-state index contributed by atoms with van der Waals surface area (Å²) in [6.45, 7) is 9.58. The van der Waals surface area contributed by atoms with Crippen LogP contribution in [0, 0.1) is 12.8 Å². The molecule has 0 fully saturated rings. The fraction of sp³-hybridized carbons (Fsp3) is 0.727. The molecule has 1 aromatic heterocycles. The molecule has 2 rings (SSSR count). The van der Waals surface area contributed by atoms with Gasteiger partial charge in [-0.2, -0.15) is 5.10 Å². The minimum Gasteiger partial charge on any atom is -0.269 e. The highest BCUT2D eigenvalue weighted by atomic mass is 15.3. The lowest BCUT2D eigenvalue weighted by atomic mass is 9.97. The van der Waals surface area contributed by atoms with Crippen molar-refractivity contribution in [3.05, 3.63) is 17.5 Å². The molecule has 0 bridgehead atoms. The molecular weight excluding hydrogens is 160 g/mol. The summed E-state index contributed by atoms with van der Waals surface area (Å²) in [5.74, 6) is 0.845. The minimum absolute atomic E-state index is 0.845. The summed E-state index contributed by atoms with van der Waals surface area (Å²) in [5.41, 5.74) is 2.81. The molecule has 1 aliphatic rings. The largest absolute Gasteiger partial charge is 0.269 e. The van der Waals surface area contributed by atoms with Gasteiger partial charge in [0.05, 0.1) is 6.20 Å². The molecule has 2 heterocycles. The van der Waals surface area contributed by atoms with Crippen molar-refractivity contribution in [3.63, 3.8) is 0 Å². The molecule has 2 heteroatoms. The zero-order chi connectivity index (χ0) is 9.84. The Morgan fingerprint density at radius 1 is 1.46 bits per heavy atom. The van der Waals surface area contributed by atoms with Gasteiger partial charge in [0, 0.05) is 12.2 Å². The van der Waals surface area contributed by atoms with Crippen LogP contribution in [0.1, 0.15) is 38.4 Å². The van der Waals surface area contributed by atoms with Gasteiger partial charge in [-0.05, 0) is 31.2 Å². The molecule has 1 atom stereocenters. The molecular formula is C11H20N2. The molecule has 13 heavy (non-hydrogen) atoms. The van der Waals surface area contributed by atoms with Crippen LogP contribution in [0.2, 0.25) is 0 Å². The van der Waals surface area contributed by atoms with Crippen molar-refractivity contribution < 1.29 is 0 Å². The van der Waals surface area contributed by atoms with Gasteiger partial charge in [-0.1, -0.05) is 20.8 Å². The highest BCUT2D eigenvalue weighted by Crippen LogP contribution is 2.21. The molecule has 1 aliphatic heterocycles. The molecule has 0 N–H and O–H groups in total. The van der Waals surface area contributed by atoms with E-state index in [2.05, 4.69) is 23.6 Å². The number of aryl methyl sites for hydroxylation is 2. The van der Waals surface area contributed by atoms with Crippen LogP contribution in [-0.2, 0) is 13.0 Å². The van der Waals surface area contributed by atoms with Crippen molar-refractivity contribution in [1.29, 1.82) is 0 Å². The lowest BCUT2D eigenvalue weighted by molar-refractivity contribution is 0.390. The van der Waals surface area contributed by atoms with E-state index < -0.39 is 0 Å². The topological polar surface area (TPSA) is 17.8 Å². The predicted molar refractivity (Wildman–Crippen MR) is 55.8 cm³/mol. The van der Waals surface area contributed by atoms with Crippen molar-refractivity contribution >= 4 is 0 Å². The molecule has 0 aliphatic carbocycles. The van der Waals surface area contributed by atoms with Crippen LogP contribution < -0.4 is 0 Å². The van der Waals surface area contributed by atoms with E-state index in [-0.39, 0.29) is 0 Å². The highest BCUT2D eigenvalue weighted by Gasteiger charge is 2.16. The predicted octanol–water partition coefficient (Wildman–Crippen LogP) is 2.80. The van der Waals surface area contributed by atoms with E-state index in [0.717, 1.165) is 12.5 Å². The zero-order valence-corrected chi connectivity index (χ0v) is 9.17. The van der Waals surface area contributed by atoms with Gasteiger partial charge in [0.1, 0.15) is 0 Å². The Morgan fingerprint density at radius 3 is 2.85 bits per heavy atom. The summed E-state index contributed by atoms with van der Waals surface area (Å²) < 4.78 is 2.15. The number of hydrogen-bond donors (Lipinski definition) is 0. The fourth-order valence-corrected chi connectivity index (χ4v) is 1.74. The Hall–Kier alpha value is -0.790. The molecule has 0 aromatic carbocycles. The van der Waals surface area contributed by atoms with Crippen molar-refractivity contribution in [2.24, 2.45) is 5.92 Å². The van der Waals surface area contributed by atoms with Gasteiger partial charge < -0.3 is 0 Å². The third kappa shape index (κ3) is 2.11. The van der Waals surface area contributed by atoms with Gasteiger partial charge >= 0.3 is 0 Å². The number of aromatic nitrogens is 2. The van der Waals surface area contributed by atoms with Gasteiger partial charge in [-0.25, -0.2) is 0 Å². The molecule has 1 aromatic rings. The van der Waals surface area contributed by atoms with Crippen LogP contribution in [0.25, 0.3) is 0 Å². The number of hydrogen-bond acceptors (Lipinski definition) is 1. The smallest absolute Gasteiger partial charge is 0.0521 e. The van der Waals surface area contributed by atoms with Crippen molar-refractivity contribution in [2.75, 3.05) is 0 Å². The Morgan fingerprint density at radius 2 is 2.15 bits per heavy atom. The molecule has 0 saturated carbocycles. The summed E-state index contributed by atoms with van der Waals surface area (Å²) in [5, 5.41) is 4.31. The Balaban J connectivity index is 0.000000396. The van der Waals surface area contributed by atoms with E-state index in [0.29, 0.717) is 0 Å². The van der Waals surface area contributed by atoms with E-state index in [4.69, 9.17) is 0 Å². The Kier molecular flexibility index (Phi) is 3.52. The molecule has 2 nitrogen and oxygen atoms in total. The molecule has 0 radical (unpaired) electrons. The van der Waals surface area contributed by atoms with E-state index >= 15 is 0 Å². The normalized spacial score (nSPS) is 20.2. The number of fused-ring (bicyclic) bond motifs is 1. The fourth-order valence-electron chi connectivity index (χ4n) is 1.74. The number of nitrogens with zero attached hydrogens (tertiary/aromatic N) is 2. The quantitative estimate of drug-likeness (QED) is 0.600. The SMILES string of the molecule is CC.Cc1cnn2c1CC(C)CC2. The van der Waals surface area contributed by atoms with Gasteiger partial charge in [0.15, 0.2) is 0 Å². The lowest BCUT2D eigenvalue weighted by Gasteiger charge is -2.20. The molecule has 0 amide bonds. The van der Waals surface area contributed by atoms with Crippen LogP contribution in [0.4, 0.5) is 0 Å². The first kappa shape index (κ1) is 10.3. The van der Waals surface area contributed by atoms with Crippen LogP contribution in [0.3, 0.4) is 0 Å². The van der Waals surface area contributed by atoms with Crippen LogP contribution in [-0.4, -0.2) is 9.78 Å². The first-order valence-electron chi connectivity index (χ1n) is 5.28. The minimum atomic E-state index is 0.845. The van der Waals surface area contributed by atoms with Gasteiger partial charge in [0.2, 0.25) is 0 Å². The first-order chi connectivity index (χ1) is 6.27. The monoisotopic (exact) mass is 180 g/mol. The summed E-state index contributed by atoms with van der Waals surface area (Å²) in [4.78, 5) is 0. The van der Waals surface area contributed by atoms with Gasteiger partial charge in [-0.15, -0.1) is 0 Å². The second-order valence-corrected chi connectivity index (χ2v) is 3.60. The lowest BCUT2D eigenvalue weighted by Crippen LogP contribution is -2.18. The standard InChI is InChI=1S/C9H14N2.C2H6/c1-7-3-4-11-9(5-7)8(2)6-10-11;1-2/h6-7H,3-5H2,1-2H3;1-2H3. The third-order valence-corrected chi connectivity index (χ3v) is 2.53. The van der Waals surface area contributed by atoms with E-state index in [1.807, 2.05) is 20.0 Å². The zero-order valence-electron chi connectivity index (χ0n) is 9.17. The summed E-state index contributed by atoms with van der Waals surface area (Å²) in [6.07, 6.45) is 4.48. The van der Waals surface area contributed by atoms with Gasteiger partial charge in [0.25, 0.3) is 0 Å². The van der Waals surface area contributed by atoms with Crippen molar-refractivity contribution in [2.45, 2.75) is 47.1 Å². The maximum Gasteiger partial charge on any atom is 0.0521 e. The maximum absolute atomic E-state index is 4.31. The second-order valence-electron chi connectivity index (χ2n) is 3.60. The number of rotatable bonds is 0. The Bertz CT molecular complexity index is 263. The van der Waals surface area contributed by atoms with Crippen LogP contribution in [0.15, 0.2) is 6.20 Å². The molecule has 74 valence electrons. The average molecular weight is 180 g/mol. The maximum atomic E-state index is 4.31. The summed E-state index contributed by atoms with van der Waals surface area (Å²) in [6, 6.07) is 0. The van der Waals surface area contributed by atoms with Crippen LogP contribution >= 0.6 is 0 Å². The van der Waals surface area contributed by atoms with E-state index in [9.17, 15) is 0 Å². The average Bonchev–Trinajstić information content (AvgIpc) is 2.52. The Labute approximate surface area is 81.0 Å². The van der Waals surface area contributed by atoms with Crippen molar-refractivity contribution in [3.8, 4) is 0 Å². The second kappa shape index (κ2) is 4.45. The third-order valence-electron chi connectivity index (χ3n) is 2.53. The van der Waals surface area contributed by atoms with Crippen LogP contribution in [0.5, 0.6) is 0 Å². The summed E-state index contributed by atoms with van der Waals surface area (Å²) in [7, 11) is 0. The van der Waals surface area contributed by atoms with Crippen molar-refractivity contribution in [1.82, 2.24) is 9.78 Å². The highest BCUT2D eigenvalue weighted by molar-refractivity contribution is 5.17. The molecule has 0 spiro atoms. The first-order valence-corrected chi connectivity index (χ1v) is 5.28. The molecule has 0 saturated heterocycles. The molecule has 1 unspecified atom stereocenters. The van der Waals surface area contributed by atoms with Gasteiger partial charge in [-0.3, -0.25) is 4.68 Å². The summed E-state index contributed by atoms with van der Waals surface area (Å²) >= 11 is 0. The van der Waals surface area contributed by atoms with E-state index in [1.54, 1.807) is 0 Å². The van der Waals surface area contributed by atoms with E-state index in [1.165, 1.54) is 24.1 Å².